The van der Waals surface area contributed by atoms with Crippen LogP contribution >= 0.6 is 11.6 Å². The molecule has 88 valence electrons. The Bertz CT molecular complexity index is 618. The molecule has 0 spiro atoms. The van der Waals surface area contributed by atoms with Crippen molar-refractivity contribution in [3.8, 4) is 0 Å². The zero-order valence-electron chi connectivity index (χ0n) is 9.03. The minimum atomic E-state index is -0.880. The first-order chi connectivity index (χ1) is 8.18. The molecule has 17 heavy (non-hydrogen) atoms. The molecule has 1 aliphatic heterocycles. The van der Waals surface area contributed by atoms with Gasteiger partial charge in [-0.15, -0.1) is 0 Å². The van der Waals surface area contributed by atoms with Crippen LogP contribution in [0.5, 0.6) is 0 Å². The predicted octanol–water partition coefficient (Wildman–Crippen LogP) is 2.10. The predicted molar refractivity (Wildman–Crippen MR) is 65.6 cm³/mol. The van der Waals surface area contributed by atoms with Crippen molar-refractivity contribution in [1.82, 2.24) is 9.88 Å². The Balaban J connectivity index is 2.41. The van der Waals surface area contributed by atoms with Crippen LogP contribution in [0.1, 0.15) is 16.1 Å². The summed E-state index contributed by atoms with van der Waals surface area (Å²) in [5.41, 5.74) is 2.14. The van der Waals surface area contributed by atoms with Gasteiger partial charge < -0.3 is 15.0 Å². The number of rotatable bonds is 1. The third-order valence-electron chi connectivity index (χ3n) is 3.15. The number of carboxylic acids is 1. The number of nitrogens with zero attached hydrogens (tertiary/aromatic N) is 1. The number of carbonyl (C=O) groups is 1. The maximum absolute atomic E-state index is 11.4. The zero-order valence-corrected chi connectivity index (χ0v) is 9.79. The molecule has 0 bridgehead atoms. The van der Waals surface area contributed by atoms with Crippen LogP contribution in [-0.2, 0) is 13.1 Å². The molecule has 0 fully saturated rings. The molecule has 1 aromatic heterocycles. The first-order valence-corrected chi connectivity index (χ1v) is 5.81. The summed E-state index contributed by atoms with van der Waals surface area (Å²) in [6, 6.07) is 5.35. The fourth-order valence-corrected chi connectivity index (χ4v) is 2.62. The van der Waals surface area contributed by atoms with Crippen LogP contribution in [0.3, 0.4) is 0 Å². The number of fused-ring (bicyclic) bond motifs is 3. The van der Waals surface area contributed by atoms with Crippen molar-refractivity contribution in [2.45, 2.75) is 13.1 Å². The molecule has 0 aliphatic carbocycles. The van der Waals surface area contributed by atoms with Gasteiger partial charge in [-0.25, -0.2) is 4.79 Å². The van der Waals surface area contributed by atoms with Gasteiger partial charge in [0.05, 0.1) is 11.1 Å². The van der Waals surface area contributed by atoms with Crippen LogP contribution in [0.4, 0.5) is 0 Å². The molecule has 0 saturated carbocycles. The summed E-state index contributed by atoms with van der Waals surface area (Å²) in [6.45, 7) is 2.22. The summed E-state index contributed by atoms with van der Waals surface area (Å²) in [6.07, 6.45) is 0. The standard InChI is InChI=1S/C12H11ClN2O2/c13-7-1-2-8-9(5-7)15-4-3-14-6-10(15)11(8)12(16)17/h1-2,5,14H,3-4,6H2,(H,16,17). The molecule has 2 heterocycles. The average molecular weight is 251 g/mol. The Morgan fingerprint density at radius 2 is 2.29 bits per heavy atom. The van der Waals surface area contributed by atoms with E-state index < -0.39 is 5.97 Å². The van der Waals surface area contributed by atoms with E-state index in [2.05, 4.69) is 5.32 Å². The van der Waals surface area contributed by atoms with Gasteiger partial charge in [-0.1, -0.05) is 17.7 Å². The maximum atomic E-state index is 11.4. The summed E-state index contributed by atoms with van der Waals surface area (Å²) < 4.78 is 2.04. The van der Waals surface area contributed by atoms with Crippen molar-refractivity contribution in [2.24, 2.45) is 0 Å². The second-order valence-electron chi connectivity index (χ2n) is 4.12. The molecule has 1 aliphatic rings. The van der Waals surface area contributed by atoms with E-state index in [4.69, 9.17) is 11.6 Å². The Morgan fingerprint density at radius 3 is 3.06 bits per heavy atom. The normalized spacial score (nSPS) is 14.9. The molecule has 4 nitrogen and oxygen atoms in total. The molecule has 2 aromatic rings. The number of aromatic carboxylic acids is 1. The highest BCUT2D eigenvalue weighted by Crippen LogP contribution is 2.29. The number of halogens is 1. The van der Waals surface area contributed by atoms with Gasteiger partial charge in [-0.3, -0.25) is 0 Å². The van der Waals surface area contributed by atoms with Crippen LogP contribution in [0.15, 0.2) is 18.2 Å². The van der Waals surface area contributed by atoms with Gasteiger partial charge in [0.15, 0.2) is 0 Å². The largest absolute Gasteiger partial charge is 0.478 e. The smallest absolute Gasteiger partial charge is 0.338 e. The van der Waals surface area contributed by atoms with Crippen LogP contribution < -0.4 is 5.32 Å². The lowest BCUT2D eigenvalue weighted by atomic mass is 10.1. The molecular weight excluding hydrogens is 240 g/mol. The summed E-state index contributed by atoms with van der Waals surface area (Å²) in [5.74, 6) is -0.880. The van der Waals surface area contributed by atoms with E-state index in [1.54, 1.807) is 12.1 Å². The fourth-order valence-electron chi connectivity index (χ4n) is 2.45. The van der Waals surface area contributed by atoms with E-state index >= 15 is 0 Å². The molecular formula is C12H11ClN2O2. The van der Waals surface area contributed by atoms with Crippen molar-refractivity contribution in [1.29, 1.82) is 0 Å². The minimum Gasteiger partial charge on any atom is -0.478 e. The number of nitrogens with one attached hydrogen (secondary N) is 1. The lowest BCUT2D eigenvalue weighted by Gasteiger charge is -2.17. The Labute approximate surface area is 103 Å². The summed E-state index contributed by atoms with van der Waals surface area (Å²) in [7, 11) is 0. The molecule has 0 unspecified atom stereocenters. The van der Waals surface area contributed by atoms with Crippen molar-refractivity contribution in [3.63, 3.8) is 0 Å². The molecule has 0 radical (unpaired) electrons. The van der Waals surface area contributed by atoms with E-state index in [0.717, 1.165) is 29.7 Å². The lowest BCUT2D eigenvalue weighted by molar-refractivity contribution is 0.0697. The number of benzene rings is 1. The van der Waals surface area contributed by atoms with Gasteiger partial charge >= 0.3 is 5.97 Å². The third-order valence-corrected chi connectivity index (χ3v) is 3.39. The molecule has 0 amide bonds. The van der Waals surface area contributed by atoms with E-state index in [0.29, 0.717) is 17.1 Å². The van der Waals surface area contributed by atoms with Crippen LogP contribution in [0, 0.1) is 0 Å². The molecule has 2 N–H and O–H groups in total. The van der Waals surface area contributed by atoms with Crippen molar-refractivity contribution in [2.75, 3.05) is 6.54 Å². The summed E-state index contributed by atoms with van der Waals surface area (Å²) in [5, 5.41) is 13.9. The zero-order chi connectivity index (χ0) is 12.0. The van der Waals surface area contributed by atoms with Crippen molar-refractivity contribution >= 4 is 28.5 Å². The lowest BCUT2D eigenvalue weighted by Crippen LogP contribution is -2.28. The minimum absolute atomic E-state index is 0.392. The van der Waals surface area contributed by atoms with Gasteiger partial charge in [0.25, 0.3) is 0 Å². The Hall–Kier alpha value is -1.52. The highest BCUT2D eigenvalue weighted by molar-refractivity contribution is 6.31. The Morgan fingerprint density at radius 1 is 1.47 bits per heavy atom. The highest BCUT2D eigenvalue weighted by atomic mass is 35.5. The highest BCUT2D eigenvalue weighted by Gasteiger charge is 2.23. The monoisotopic (exact) mass is 250 g/mol. The topological polar surface area (TPSA) is 54.3 Å². The third kappa shape index (κ3) is 1.52. The van der Waals surface area contributed by atoms with E-state index in [9.17, 15) is 9.90 Å². The van der Waals surface area contributed by atoms with Gasteiger partial charge in [0.1, 0.15) is 0 Å². The maximum Gasteiger partial charge on any atom is 0.338 e. The molecule has 5 heteroatoms. The second-order valence-corrected chi connectivity index (χ2v) is 4.55. The van der Waals surface area contributed by atoms with Crippen molar-refractivity contribution in [3.05, 3.63) is 34.5 Å². The molecule has 1 aromatic carbocycles. The van der Waals surface area contributed by atoms with E-state index in [1.165, 1.54) is 0 Å². The van der Waals surface area contributed by atoms with Crippen LogP contribution in [0.25, 0.3) is 10.9 Å². The van der Waals surface area contributed by atoms with Crippen LogP contribution in [-0.4, -0.2) is 22.2 Å². The number of hydrogen-bond donors (Lipinski definition) is 2. The SMILES string of the molecule is O=C(O)c1c2n(c3cc(Cl)ccc13)CCNC2. The fraction of sp³-hybridized carbons (Fsp3) is 0.250. The Kier molecular flexibility index (Phi) is 2.34. The average Bonchev–Trinajstić information content (AvgIpc) is 2.63. The van der Waals surface area contributed by atoms with Gasteiger partial charge in [-0.05, 0) is 12.1 Å². The molecule has 0 atom stereocenters. The van der Waals surface area contributed by atoms with Gasteiger partial charge in [-0.2, -0.15) is 0 Å². The number of aromatic nitrogens is 1. The first-order valence-electron chi connectivity index (χ1n) is 5.43. The summed E-state index contributed by atoms with van der Waals surface area (Å²) in [4.78, 5) is 11.4. The van der Waals surface area contributed by atoms with Gasteiger partial charge in [0, 0.05) is 35.7 Å². The first kappa shape index (κ1) is 10.6. The van der Waals surface area contributed by atoms with Crippen molar-refractivity contribution < 1.29 is 9.90 Å². The molecule has 3 rings (SSSR count). The number of hydrogen-bond acceptors (Lipinski definition) is 2. The van der Waals surface area contributed by atoms with Crippen LogP contribution in [0.2, 0.25) is 5.02 Å². The van der Waals surface area contributed by atoms with E-state index in [-0.39, 0.29) is 0 Å². The van der Waals surface area contributed by atoms with Gasteiger partial charge in [0.2, 0.25) is 0 Å². The molecule has 0 saturated heterocycles. The number of carboxylic acid groups (broad SMARTS) is 1. The second kappa shape index (κ2) is 3.75. The van der Waals surface area contributed by atoms with E-state index in [1.807, 2.05) is 10.6 Å². The quantitative estimate of drug-likeness (QED) is 0.815. The summed E-state index contributed by atoms with van der Waals surface area (Å²) >= 11 is 5.97.